The number of halogens is 4. The number of aromatic nitrogens is 3. The molecule has 0 aliphatic carbocycles. The molecule has 2 aliphatic heterocycles. The van der Waals surface area contributed by atoms with Crippen LogP contribution >= 0.6 is 11.6 Å². The lowest BCUT2D eigenvalue weighted by molar-refractivity contribution is -0.254. The topological polar surface area (TPSA) is 156 Å². The van der Waals surface area contributed by atoms with Crippen LogP contribution in [0.5, 0.6) is 5.88 Å². The number of benzene rings is 1. The highest BCUT2D eigenvalue weighted by atomic mass is 35.5. The van der Waals surface area contributed by atoms with E-state index in [0.29, 0.717) is 11.0 Å². The fourth-order valence-electron chi connectivity index (χ4n) is 7.33. The number of carbonyl (C=O) groups is 3. The van der Waals surface area contributed by atoms with Crippen LogP contribution in [-0.4, -0.2) is 94.6 Å². The molecule has 4 atom stereocenters. The Morgan fingerprint density at radius 1 is 1.02 bits per heavy atom. The van der Waals surface area contributed by atoms with E-state index in [-0.39, 0.29) is 85.1 Å². The third kappa shape index (κ3) is 9.99. The van der Waals surface area contributed by atoms with Crippen molar-refractivity contribution < 1.29 is 55.7 Å². The van der Waals surface area contributed by atoms with Gasteiger partial charge in [0.05, 0.1) is 30.8 Å². The van der Waals surface area contributed by atoms with Crippen molar-refractivity contribution in [2.75, 3.05) is 38.3 Å². The predicted octanol–water partition coefficient (Wildman–Crippen LogP) is 8.64. The number of pyridine rings is 1. The van der Waals surface area contributed by atoms with Gasteiger partial charge in [0.15, 0.2) is 11.4 Å². The number of rotatable bonds is 12. The lowest BCUT2D eigenvalue weighted by Crippen LogP contribution is -2.50. The summed E-state index contributed by atoms with van der Waals surface area (Å²) < 4.78 is 82.8. The zero-order chi connectivity index (χ0) is 43.8. The second kappa shape index (κ2) is 17.2. The molecule has 1 aromatic carbocycles. The Morgan fingerprint density at radius 2 is 1.73 bits per heavy atom. The Balaban J connectivity index is 1.35. The first-order valence-corrected chi connectivity index (χ1v) is 20.2. The van der Waals surface area contributed by atoms with E-state index in [1.807, 2.05) is 0 Å². The van der Waals surface area contributed by atoms with Gasteiger partial charge in [-0.2, -0.15) is 8.78 Å². The van der Waals surface area contributed by atoms with Crippen LogP contribution in [0.25, 0.3) is 22.1 Å². The zero-order valence-electron chi connectivity index (χ0n) is 35.0. The molecule has 2 fully saturated rings. The number of unbranched alkanes of at least 4 members (excludes halogenated alkanes) is 1. The number of methoxy groups -OCH3 is 1. The Bertz CT molecular complexity index is 2230. The molecule has 2 saturated heterocycles. The van der Waals surface area contributed by atoms with E-state index in [2.05, 4.69) is 19.7 Å². The van der Waals surface area contributed by atoms with Gasteiger partial charge >= 0.3 is 24.1 Å². The van der Waals surface area contributed by atoms with E-state index in [1.54, 1.807) is 72.7 Å². The van der Waals surface area contributed by atoms with Crippen LogP contribution in [0.4, 0.5) is 23.8 Å². The standard InChI is InChI=1S/C42H51ClF3N5O9/c1-24-22-50(38(54)60-40(5,6)7)17-16-41(24,44)28-19-25(43)21-47-35(28)57-26-20-29(36(53)59-39(2,3)4)51(23-26)34-33-32(27-13-9-10-14-30(27)58-33)48-37(49-34)42(45,46)56-18-12-11-15-31(52)55-8/h9-10,13-14,19,21,24,26,29H,11-12,15-18,20,22-23H2,1-8H3/t24-,26-,29-,41+/m0/s1. The third-order valence-electron chi connectivity index (χ3n) is 10.2. The number of alkyl halides is 3. The number of hydrogen-bond acceptors (Lipinski definition) is 13. The van der Waals surface area contributed by atoms with E-state index in [0.717, 1.165) is 0 Å². The number of amides is 1. The Kier molecular flexibility index (Phi) is 12.8. The van der Waals surface area contributed by atoms with Crippen LogP contribution in [0.2, 0.25) is 5.02 Å². The van der Waals surface area contributed by atoms with Gasteiger partial charge in [-0.3, -0.25) is 4.79 Å². The molecule has 18 heteroatoms. The van der Waals surface area contributed by atoms with Crippen molar-refractivity contribution >= 4 is 57.5 Å². The van der Waals surface area contributed by atoms with Gasteiger partial charge in [0.1, 0.15) is 40.1 Å². The summed E-state index contributed by atoms with van der Waals surface area (Å²) in [4.78, 5) is 54.2. The number of furan rings is 1. The minimum Gasteiger partial charge on any atom is -0.472 e. The molecule has 60 heavy (non-hydrogen) atoms. The summed E-state index contributed by atoms with van der Waals surface area (Å²) in [5.41, 5.74) is -3.23. The smallest absolute Gasteiger partial charge is 0.417 e. The largest absolute Gasteiger partial charge is 0.472 e. The number of nitrogens with zero attached hydrogens (tertiary/aromatic N) is 5. The molecular weight excluding hydrogens is 811 g/mol. The van der Waals surface area contributed by atoms with Gasteiger partial charge in [0.25, 0.3) is 0 Å². The van der Waals surface area contributed by atoms with Crippen molar-refractivity contribution in [2.45, 2.75) is 116 Å². The van der Waals surface area contributed by atoms with Gasteiger partial charge in [-0.1, -0.05) is 30.7 Å². The normalized spacial score (nSPS) is 21.4. The summed E-state index contributed by atoms with van der Waals surface area (Å²) in [6.07, 6.45) is -3.87. The number of ether oxygens (including phenoxy) is 5. The lowest BCUT2D eigenvalue weighted by atomic mass is 9.79. The molecule has 0 bridgehead atoms. The molecule has 0 saturated carbocycles. The van der Waals surface area contributed by atoms with Gasteiger partial charge < -0.3 is 37.9 Å². The van der Waals surface area contributed by atoms with Crippen molar-refractivity contribution in [3.05, 3.63) is 52.9 Å². The van der Waals surface area contributed by atoms with Gasteiger partial charge in [-0.25, -0.2) is 28.9 Å². The van der Waals surface area contributed by atoms with Gasteiger partial charge in [-0.05, 0) is 72.6 Å². The molecular formula is C42H51ClF3N5O9. The molecule has 0 radical (unpaired) electrons. The molecule has 6 rings (SSSR count). The maximum absolute atomic E-state index is 17.4. The van der Waals surface area contributed by atoms with Crippen LogP contribution in [0.3, 0.4) is 0 Å². The molecule has 2 aliphatic rings. The Hall–Kier alpha value is -4.90. The monoisotopic (exact) mass is 861 g/mol. The van der Waals surface area contributed by atoms with Gasteiger partial charge in [0.2, 0.25) is 11.7 Å². The molecule has 0 N–H and O–H groups in total. The average Bonchev–Trinajstić information content (AvgIpc) is 3.76. The number of piperidine rings is 1. The number of para-hydroxylation sites is 1. The van der Waals surface area contributed by atoms with E-state index in [9.17, 15) is 14.4 Å². The minimum absolute atomic E-state index is 0.0293. The predicted molar refractivity (Wildman–Crippen MR) is 215 cm³/mol. The molecule has 0 unspecified atom stereocenters. The van der Waals surface area contributed by atoms with E-state index >= 15 is 13.2 Å². The van der Waals surface area contributed by atoms with Gasteiger partial charge in [-0.15, -0.1) is 0 Å². The number of likely N-dealkylation sites (tertiary alicyclic amines) is 1. The highest BCUT2D eigenvalue weighted by Crippen LogP contribution is 2.46. The molecule has 0 spiro atoms. The second-order valence-electron chi connectivity index (χ2n) is 17.2. The van der Waals surface area contributed by atoms with Gasteiger partial charge in [0, 0.05) is 49.9 Å². The fraction of sp³-hybridized carbons (Fsp3) is 0.571. The van der Waals surface area contributed by atoms with E-state index < -0.39 is 71.5 Å². The van der Waals surface area contributed by atoms with Crippen LogP contribution in [0.15, 0.2) is 40.9 Å². The first-order valence-electron chi connectivity index (χ1n) is 19.9. The maximum Gasteiger partial charge on any atom is 0.417 e. The number of carbonyl (C=O) groups excluding carboxylic acids is 3. The summed E-state index contributed by atoms with van der Waals surface area (Å²) in [7, 11) is 1.24. The molecule has 1 amide bonds. The molecule has 326 valence electrons. The molecule has 5 heterocycles. The Morgan fingerprint density at radius 3 is 2.42 bits per heavy atom. The lowest BCUT2D eigenvalue weighted by Gasteiger charge is -2.42. The summed E-state index contributed by atoms with van der Waals surface area (Å²) >= 11 is 6.40. The average molecular weight is 862 g/mol. The quantitative estimate of drug-likeness (QED) is 0.0759. The first-order chi connectivity index (χ1) is 28.1. The minimum atomic E-state index is -4.00. The van der Waals surface area contributed by atoms with Crippen LogP contribution in [-0.2, 0) is 40.3 Å². The number of hydrogen-bond donors (Lipinski definition) is 0. The van der Waals surface area contributed by atoms with Crippen molar-refractivity contribution in [1.82, 2.24) is 19.9 Å². The number of fused-ring (bicyclic) bond motifs is 3. The molecule has 4 aromatic rings. The van der Waals surface area contributed by atoms with Crippen LogP contribution < -0.4 is 9.64 Å². The van der Waals surface area contributed by atoms with Crippen molar-refractivity contribution in [3.8, 4) is 5.88 Å². The highest BCUT2D eigenvalue weighted by molar-refractivity contribution is 6.30. The van der Waals surface area contributed by atoms with Crippen molar-refractivity contribution in [3.63, 3.8) is 0 Å². The van der Waals surface area contributed by atoms with E-state index in [1.165, 1.54) is 29.2 Å². The van der Waals surface area contributed by atoms with Crippen LogP contribution in [0, 0.1) is 5.92 Å². The number of anilines is 1. The zero-order valence-corrected chi connectivity index (χ0v) is 35.7. The summed E-state index contributed by atoms with van der Waals surface area (Å²) in [6.45, 7) is 11.6. The van der Waals surface area contributed by atoms with Crippen molar-refractivity contribution in [2.24, 2.45) is 5.92 Å². The number of esters is 2. The highest BCUT2D eigenvalue weighted by Gasteiger charge is 2.49. The fourth-order valence-corrected chi connectivity index (χ4v) is 7.49. The van der Waals surface area contributed by atoms with Crippen LogP contribution in [0.1, 0.15) is 92.0 Å². The molecule has 14 nitrogen and oxygen atoms in total. The summed E-state index contributed by atoms with van der Waals surface area (Å²) in [5, 5.41) is 0.574. The maximum atomic E-state index is 17.4. The SMILES string of the molecule is COC(=O)CCCCOC(F)(F)c1nc(N2C[C@@H](Oc3ncc(Cl)cc3[C@@]3(F)CCN(C(=O)OC(C)(C)C)C[C@@H]3C)C[C@H]2C(=O)OC(C)(C)C)c2oc3ccccc3c2n1. The first kappa shape index (κ1) is 44.6. The second-order valence-corrected chi connectivity index (χ2v) is 17.6. The summed E-state index contributed by atoms with van der Waals surface area (Å²) in [6, 6.07) is 7.02. The summed E-state index contributed by atoms with van der Waals surface area (Å²) in [5.74, 6) is -3.11. The third-order valence-corrected chi connectivity index (χ3v) is 10.4. The van der Waals surface area contributed by atoms with Crippen molar-refractivity contribution in [1.29, 1.82) is 0 Å². The molecule has 3 aromatic heterocycles. The van der Waals surface area contributed by atoms with E-state index in [4.69, 9.17) is 35.0 Å². The Labute approximate surface area is 351 Å².